The van der Waals surface area contributed by atoms with Crippen LogP contribution in [0, 0.1) is 10.6 Å². The van der Waals surface area contributed by atoms with Crippen molar-refractivity contribution in [2.45, 2.75) is 6.92 Å². The van der Waals surface area contributed by atoms with Crippen LogP contribution < -0.4 is 4.74 Å². The van der Waals surface area contributed by atoms with Crippen molar-refractivity contribution in [2.75, 3.05) is 7.11 Å². The number of imidazole rings is 1. The molecular weight excluding hydrogens is 279 g/mol. The van der Waals surface area contributed by atoms with Crippen molar-refractivity contribution in [3.05, 3.63) is 27.6 Å². The van der Waals surface area contributed by atoms with Crippen LogP contribution in [0.1, 0.15) is 5.69 Å². The van der Waals surface area contributed by atoms with Gasteiger partial charge in [-0.1, -0.05) is 6.07 Å². The second-order valence-corrected chi connectivity index (χ2v) is 3.77. The number of ether oxygens (including phenoxy) is 1. The third-order valence-electron chi connectivity index (χ3n) is 1.92. The highest BCUT2D eigenvalue weighted by Crippen LogP contribution is 2.20. The van der Waals surface area contributed by atoms with E-state index in [1.807, 2.05) is 29.5 Å². The quantitative estimate of drug-likeness (QED) is 0.752. The Morgan fingerprint density at radius 2 is 2.23 bits per heavy atom. The number of pyridine rings is 1. The third kappa shape index (κ3) is 1.29. The largest absolute Gasteiger partial charge is 0.482 e. The SMILES string of the molecule is COc1cccc2nc(C)c(I)n12. The van der Waals surface area contributed by atoms with Crippen LogP contribution in [0.5, 0.6) is 5.88 Å². The number of hydrogen-bond acceptors (Lipinski definition) is 2. The lowest BCUT2D eigenvalue weighted by Gasteiger charge is -2.03. The number of halogens is 1. The molecule has 0 bridgehead atoms. The summed E-state index contributed by atoms with van der Waals surface area (Å²) in [6.45, 7) is 1.99. The van der Waals surface area contributed by atoms with Gasteiger partial charge in [0.15, 0.2) is 5.88 Å². The first-order valence-corrected chi connectivity index (χ1v) is 4.99. The smallest absolute Gasteiger partial charge is 0.199 e. The predicted octanol–water partition coefficient (Wildman–Crippen LogP) is 2.26. The topological polar surface area (TPSA) is 26.5 Å². The molecule has 0 saturated heterocycles. The van der Waals surface area contributed by atoms with Gasteiger partial charge >= 0.3 is 0 Å². The van der Waals surface area contributed by atoms with Crippen molar-refractivity contribution >= 4 is 28.2 Å². The third-order valence-corrected chi connectivity index (χ3v) is 3.18. The average Bonchev–Trinajstić information content (AvgIpc) is 2.43. The molecule has 0 radical (unpaired) electrons. The molecule has 4 heteroatoms. The van der Waals surface area contributed by atoms with Gasteiger partial charge in [-0.25, -0.2) is 4.98 Å². The van der Waals surface area contributed by atoms with Gasteiger partial charge in [-0.2, -0.15) is 0 Å². The lowest BCUT2D eigenvalue weighted by atomic mass is 10.4. The molecule has 0 saturated carbocycles. The number of methoxy groups -OCH3 is 1. The maximum absolute atomic E-state index is 5.24. The summed E-state index contributed by atoms with van der Waals surface area (Å²) in [5.41, 5.74) is 1.96. The van der Waals surface area contributed by atoms with Gasteiger partial charge < -0.3 is 4.74 Å². The first-order valence-electron chi connectivity index (χ1n) is 3.91. The first-order chi connectivity index (χ1) is 6.24. The van der Waals surface area contributed by atoms with Gasteiger partial charge in [0.25, 0.3) is 0 Å². The van der Waals surface area contributed by atoms with Crippen LogP contribution in [0.2, 0.25) is 0 Å². The summed E-state index contributed by atoms with van der Waals surface area (Å²) >= 11 is 2.27. The molecule has 0 aliphatic rings. The van der Waals surface area contributed by atoms with Crippen LogP contribution in [0.15, 0.2) is 18.2 Å². The van der Waals surface area contributed by atoms with E-state index in [1.54, 1.807) is 7.11 Å². The monoisotopic (exact) mass is 288 g/mol. The Kier molecular flexibility index (Phi) is 2.15. The molecule has 2 aromatic rings. The van der Waals surface area contributed by atoms with Crippen molar-refractivity contribution in [1.29, 1.82) is 0 Å². The van der Waals surface area contributed by atoms with Crippen LogP contribution in [-0.2, 0) is 0 Å². The minimum Gasteiger partial charge on any atom is -0.482 e. The molecule has 0 atom stereocenters. The molecule has 0 amide bonds. The fraction of sp³-hybridized carbons (Fsp3) is 0.222. The molecule has 68 valence electrons. The van der Waals surface area contributed by atoms with Crippen LogP contribution in [0.3, 0.4) is 0 Å². The molecule has 2 aromatic heterocycles. The van der Waals surface area contributed by atoms with Gasteiger partial charge in [0.2, 0.25) is 0 Å². The summed E-state index contributed by atoms with van der Waals surface area (Å²) in [6, 6.07) is 5.84. The average molecular weight is 288 g/mol. The number of aryl methyl sites for hydroxylation is 1. The molecular formula is C9H9IN2O. The lowest BCUT2D eigenvalue weighted by molar-refractivity contribution is 0.391. The van der Waals surface area contributed by atoms with Crippen LogP contribution in [0.4, 0.5) is 0 Å². The van der Waals surface area contributed by atoms with Crippen LogP contribution in [-0.4, -0.2) is 16.5 Å². The molecule has 3 nitrogen and oxygen atoms in total. The van der Waals surface area contributed by atoms with Crippen molar-refractivity contribution in [2.24, 2.45) is 0 Å². The summed E-state index contributed by atoms with van der Waals surface area (Å²) in [6.07, 6.45) is 0. The molecule has 2 rings (SSSR count). The van der Waals surface area contributed by atoms with E-state index in [4.69, 9.17) is 4.74 Å². The Bertz CT molecular complexity index is 450. The number of fused-ring (bicyclic) bond motifs is 1. The molecule has 2 heterocycles. The molecule has 13 heavy (non-hydrogen) atoms. The standard InChI is InChI=1S/C9H9IN2O/c1-6-9(10)12-7(11-6)4-3-5-8(12)13-2/h3-5H,1-2H3. The number of rotatable bonds is 1. The van der Waals surface area contributed by atoms with E-state index in [0.717, 1.165) is 20.9 Å². The molecule has 0 aliphatic carbocycles. The van der Waals surface area contributed by atoms with E-state index in [9.17, 15) is 0 Å². The highest BCUT2D eigenvalue weighted by Gasteiger charge is 2.08. The van der Waals surface area contributed by atoms with Gasteiger partial charge in [-0.15, -0.1) is 0 Å². The highest BCUT2D eigenvalue weighted by atomic mass is 127. The summed E-state index contributed by atoms with van der Waals surface area (Å²) in [5, 5.41) is 0. The van der Waals surface area contributed by atoms with Gasteiger partial charge in [-0.05, 0) is 41.6 Å². The Morgan fingerprint density at radius 3 is 2.92 bits per heavy atom. The predicted molar refractivity (Wildman–Crippen MR) is 59.2 cm³/mol. The summed E-state index contributed by atoms with van der Waals surface area (Å²) < 4.78 is 8.34. The van der Waals surface area contributed by atoms with E-state index < -0.39 is 0 Å². The Morgan fingerprint density at radius 1 is 1.46 bits per heavy atom. The maximum atomic E-state index is 5.24. The zero-order valence-corrected chi connectivity index (χ0v) is 9.57. The Hall–Kier alpha value is -0.780. The lowest BCUT2D eigenvalue weighted by Crippen LogP contribution is -1.94. The number of hydrogen-bond donors (Lipinski definition) is 0. The van der Waals surface area contributed by atoms with E-state index >= 15 is 0 Å². The fourth-order valence-electron chi connectivity index (χ4n) is 1.30. The molecule has 0 N–H and O–H groups in total. The second kappa shape index (κ2) is 3.17. The van der Waals surface area contributed by atoms with Gasteiger partial charge in [0.1, 0.15) is 9.35 Å². The summed E-state index contributed by atoms with van der Waals surface area (Å²) in [4.78, 5) is 4.40. The van der Waals surface area contributed by atoms with Crippen molar-refractivity contribution in [3.63, 3.8) is 0 Å². The zero-order valence-electron chi connectivity index (χ0n) is 7.41. The van der Waals surface area contributed by atoms with Gasteiger partial charge in [0, 0.05) is 0 Å². The normalized spacial score (nSPS) is 10.7. The first kappa shape index (κ1) is 8.80. The minimum absolute atomic E-state index is 0.822. The van der Waals surface area contributed by atoms with E-state index in [1.165, 1.54) is 0 Å². The Labute approximate surface area is 89.9 Å². The highest BCUT2D eigenvalue weighted by molar-refractivity contribution is 14.1. The van der Waals surface area contributed by atoms with Crippen molar-refractivity contribution in [1.82, 2.24) is 9.38 Å². The van der Waals surface area contributed by atoms with Crippen molar-refractivity contribution in [3.8, 4) is 5.88 Å². The number of aromatic nitrogens is 2. The molecule has 0 aliphatic heterocycles. The van der Waals surface area contributed by atoms with E-state index in [-0.39, 0.29) is 0 Å². The summed E-state index contributed by atoms with van der Waals surface area (Å²) in [7, 11) is 1.67. The van der Waals surface area contributed by atoms with E-state index in [2.05, 4.69) is 27.6 Å². The van der Waals surface area contributed by atoms with Crippen LogP contribution in [0.25, 0.3) is 5.65 Å². The maximum Gasteiger partial charge on any atom is 0.199 e. The van der Waals surface area contributed by atoms with Gasteiger partial charge in [-0.3, -0.25) is 4.40 Å². The van der Waals surface area contributed by atoms with Gasteiger partial charge in [0.05, 0.1) is 12.8 Å². The molecule has 0 spiro atoms. The second-order valence-electron chi connectivity index (χ2n) is 2.75. The summed E-state index contributed by atoms with van der Waals surface area (Å²) in [5.74, 6) is 0.822. The molecule has 0 aromatic carbocycles. The van der Waals surface area contributed by atoms with Crippen molar-refractivity contribution < 1.29 is 4.74 Å². The van der Waals surface area contributed by atoms with E-state index in [0.29, 0.717) is 0 Å². The molecule has 0 unspecified atom stereocenters. The zero-order chi connectivity index (χ0) is 9.42. The Balaban J connectivity index is 2.87. The molecule has 0 fully saturated rings. The fourth-order valence-corrected chi connectivity index (χ4v) is 1.91. The van der Waals surface area contributed by atoms with Crippen LogP contribution >= 0.6 is 22.6 Å². The minimum atomic E-state index is 0.822. The number of nitrogens with zero attached hydrogens (tertiary/aromatic N) is 2.